The predicted molar refractivity (Wildman–Crippen MR) is 304 cm³/mol. The molecule has 0 aliphatic carbocycles. The summed E-state index contributed by atoms with van der Waals surface area (Å²) in [7, 11) is 2.70. The number of nitrogens with zero attached hydrogens (tertiary/aromatic N) is 2. The van der Waals surface area contributed by atoms with Crippen molar-refractivity contribution in [2.24, 2.45) is 5.41 Å². The van der Waals surface area contributed by atoms with Crippen molar-refractivity contribution in [3.05, 3.63) is 193 Å². The van der Waals surface area contributed by atoms with E-state index in [1.165, 1.54) is 36.2 Å². The van der Waals surface area contributed by atoms with Gasteiger partial charge in [-0.1, -0.05) is 119 Å². The standard InChI is InChI=1S/C62H65N2O4PS2/c1-6-42-61(3,4)59(65)40-22-45-18-28-51(29-19-45)63(49-14-10-8-11-15-49)53-32-24-47(25-33-53)55-36-38-57(70-55)58-39-37-56(71-58)48-26-34-54(35-27-48)64(50-16-12-9-13-17-50)52-30-20-46(21-31-52)23-41-60(66)67-43-44-68-62(5,69)7-2/h8-21,24-39H,6-7,22-23,40-44,69H2,1-5H3. The van der Waals surface area contributed by atoms with Gasteiger partial charge in [0.1, 0.15) is 12.4 Å². The van der Waals surface area contributed by atoms with Crippen LogP contribution < -0.4 is 9.80 Å². The van der Waals surface area contributed by atoms with Crippen molar-refractivity contribution >= 4 is 77.8 Å². The number of ketones is 1. The summed E-state index contributed by atoms with van der Waals surface area (Å²) in [4.78, 5) is 34.9. The second-order valence-electron chi connectivity index (χ2n) is 18.9. The van der Waals surface area contributed by atoms with E-state index in [1.54, 1.807) is 0 Å². The Bertz CT molecular complexity index is 2950. The number of hydrogen-bond acceptors (Lipinski definition) is 8. The van der Waals surface area contributed by atoms with Gasteiger partial charge in [-0.05, 0) is 152 Å². The lowest BCUT2D eigenvalue weighted by atomic mass is 9.81. The van der Waals surface area contributed by atoms with Crippen LogP contribution in [0.2, 0.25) is 0 Å². The number of rotatable bonds is 23. The number of ether oxygens (including phenoxy) is 2. The molecular formula is C62H65N2O4PS2. The number of esters is 1. The number of thiophene rings is 2. The highest BCUT2D eigenvalue weighted by atomic mass is 32.1. The Morgan fingerprint density at radius 1 is 0.493 bits per heavy atom. The Kier molecular flexibility index (Phi) is 17.2. The molecule has 2 unspecified atom stereocenters. The number of para-hydroxylation sites is 2. The average molecular weight is 997 g/mol. The zero-order chi connectivity index (χ0) is 49.8. The van der Waals surface area contributed by atoms with Gasteiger partial charge in [0, 0.05) is 71.9 Å². The van der Waals surface area contributed by atoms with Crippen molar-refractivity contribution in [1.82, 2.24) is 0 Å². The largest absolute Gasteiger partial charge is 0.463 e. The fourth-order valence-electron chi connectivity index (χ4n) is 8.68. The molecule has 0 fully saturated rings. The number of benzene rings is 6. The summed E-state index contributed by atoms with van der Waals surface area (Å²) in [6.07, 6.45) is 5.04. The van der Waals surface area contributed by atoms with Crippen LogP contribution in [-0.4, -0.2) is 30.3 Å². The summed E-state index contributed by atoms with van der Waals surface area (Å²) < 4.78 is 11.2. The van der Waals surface area contributed by atoms with Crippen LogP contribution >= 0.6 is 31.9 Å². The molecular weight excluding hydrogens is 932 g/mol. The van der Waals surface area contributed by atoms with Crippen LogP contribution in [0.3, 0.4) is 0 Å². The zero-order valence-corrected chi connectivity index (χ0v) is 44.4. The summed E-state index contributed by atoms with van der Waals surface area (Å²) >= 11 is 3.63. The van der Waals surface area contributed by atoms with Crippen molar-refractivity contribution < 1.29 is 19.1 Å². The minimum Gasteiger partial charge on any atom is -0.463 e. The molecule has 0 amide bonds. The lowest BCUT2D eigenvalue weighted by Gasteiger charge is -2.26. The van der Waals surface area contributed by atoms with E-state index in [2.05, 4.69) is 217 Å². The zero-order valence-electron chi connectivity index (χ0n) is 41.6. The number of hydrogen-bond donors (Lipinski definition) is 0. The van der Waals surface area contributed by atoms with E-state index in [0.29, 0.717) is 31.7 Å². The molecule has 8 rings (SSSR count). The molecule has 71 heavy (non-hydrogen) atoms. The van der Waals surface area contributed by atoms with Gasteiger partial charge in [-0.25, -0.2) is 0 Å². The molecule has 0 saturated carbocycles. The molecule has 0 saturated heterocycles. The second-order valence-corrected chi connectivity index (χ2v) is 22.3. The predicted octanol–water partition coefficient (Wildman–Crippen LogP) is 17.6. The smallest absolute Gasteiger partial charge is 0.306 e. The molecule has 0 aliphatic rings. The van der Waals surface area contributed by atoms with E-state index in [1.807, 2.05) is 41.7 Å². The fraction of sp³-hybridized carbons (Fsp3) is 0.258. The number of Topliss-reactive ketones (excluding diaryl/α,β-unsaturated/α-hetero) is 1. The van der Waals surface area contributed by atoms with E-state index in [-0.39, 0.29) is 23.3 Å². The van der Waals surface area contributed by atoms with E-state index >= 15 is 0 Å². The van der Waals surface area contributed by atoms with Gasteiger partial charge in [0.2, 0.25) is 0 Å². The summed E-state index contributed by atoms with van der Waals surface area (Å²) in [5, 5.41) is -0.298. The Labute approximate surface area is 431 Å². The number of carbonyl (C=O) groups excluding carboxylic acids is 2. The summed E-state index contributed by atoms with van der Waals surface area (Å²) in [6.45, 7) is 11.0. The first-order valence-corrected chi connectivity index (χ1v) is 27.0. The Morgan fingerprint density at radius 2 is 0.887 bits per heavy atom. The van der Waals surface area contributed by atoms with Gasteiger partial charge >= 0.3 is 5.97 Å². The van der Waals surface area contributed by atoms with Crippen LogP contribution in [0.25, 0.3) is 30.6 Å². The second kappa shape index (κ2) is 23.8. The molecule has 6 aromatic carbocycles. The average Bonchev–Trinajstić information content (AvgIpc) is 4.10. The van der Waals surface area contributed by atoms with Gasteiger partial charge in [0.05, 0.1) is 11.9 Å². The van der Waals surface area contributed by atoms with Gasteiger partial charge in [0.25, 0.3) is 0 Å². The topological polar surface area (TPSA) is 59.1 Å². The van der Waals surface area contributed by atoms with E-state index in [0.717, 1.165) is 65.4 Å². The highest BCUT2D eigenvalue weighted by molar-refractivity contribution is 7.25. The third-order valence-electron chi connectivity index (χ3n) is 13.1. The van der Waals surface area contributed by atoms with Gasteiger partial charge in [-0.3, -0.25) is 9.59 Å². The number of anilines is 6. The van der Waals surface area contributed by atoms with Crippen LogP contribution in [0.4, 0.5) is 34.1 Å². The minimum absolute atomic E-state index is 0.217. The van der Waals surface area contributed by atoms with Crippen LogP contribution in [0.5, 0.6) is 0 Å². The van der Waals surface area contributed by atoms with E-state index in [4.69, 9.17) is 9.47 Å². The number of aryl methyl sites for hydroxylation is 2. The molecule has 0 aliphatic heterocycles. The van der Waals surface area contributed by atoms with E-state index < -0.39 is 0 Å². The highest BCUT2D eigenvalue weighted by Crippen LogP contribution is 2.43. The van der Waals surface area contributed by atoms with Crippen LogP contribution in [0, 0.1) is 5.41 Å². The molecule has 9 heteroatoms. The SMILES string of the molecule is CCCC(C)(C)C(=O)CCc1ccc(N(c2ccccc2)c2ccc(-c3ccc(-c4ccc(-c5ccc(N(c6ccccc6)c6ccc(CCC(=O)OCCOC(C)(P)CC)cc6)cc5)s4)s3)cc2)cc1. The van der Waals surface area contributed by atoms with Crippen molar-refractivity contribution in [3.8, 4) is 30.6 Å². The van der Waals surface area contributed by atoms with E-state index in [9.17, 15) is 9.59 Å². The van der Waals surface area contributed by atoms with Crippen molar-refractivity contribution in [1.29, 1.82) is 0 Å². The molecule has 8 aromatic rings. The molecule has 364 valence electrons. The molecule has 0 radical (unpaired) electrons. The quantitative estimate of drug-likeness (QED) is 0.0362. The maximum absolute atomic E-state index is 13.0. The Hall–Kier alpha value is -6.15. The van der Waals surface area contributed by atoms with Gasteiger partial charge < -0.3 is 19.3 Å². The van der Waals surface area contributed by atoms with Crippen molar-refractivity contribution in [3.63, 3.8) is 0 Å². The maximum Gasteiger partial charge on any atom is 0.306 e. The monoisotopic (exact) mass is 996 g/mol. The van der Waals surface area contributed by atoms with Crippen molar-refractivity contribution in [2.45, 2.75) is 84.9 Å². The first-order chi connectivity index (χ1) is 34.4. The first-order valence-electron chi connectivity index (χ1n) is 24.8. The molecule has 6 nitrogen and oxygen atoms in total. The summed E-state index contributed by atoms with van der Waals surface area (Å²) in [5.41, 5.74) is 10.8. The normalized spacial score (nSPS) is 12.3. The van der Waals surface area contributed by atoms with Crippen molar-refractivity contribution in [2.75, 3.05) is 23.0 Å². The Morgan fingerprint density at radius 3 is 1.31 bits per heavy atom. The molecule has 0 bridgehead atoms. The van der Waals surface area contributed by atoms with Gasteiger partial charge in [0.15, 0.2) is 0 Å². The highest BCUT2D eigenvalue weighted by Gasteiger charge is 2.26. The molecule has 2 aromatic heterocycles. The lowest BCUT2D eigenvalue weighted by molar-refractivity contribution is -0.146. The summed E-state index contributed by atoms with van der Waals surface area (Å²) in [6, 6.07) is 64.6. The molecule has 0 N–H and O–H groups in total. The molecule has 2 atom stereocenters. The summed E-state index contributed by atoms with van der Waals surface area (Å²) in [5.74, 6) is 0.121. The molecule has 0 spiro atoms. The molecule has 2 heterocycles. The minimum atomic E-state index is -0.298. The van der Waals surface area contributed by atoms with Gasteiger partial charge in [-0.2, -0.15) is 0 Å². The third-order valence-corrected chi connectivity index (χ3v) is 16.1. The number of carbonyl (C=O) groups is 2. The van der Waals surface area contributed by atoms with Crippen LogP contribution in [0.1, 0.15) is 77.8 Å². The lowest BCUT2D eigenvalue weighted by Crippen LogP contribution is -2.24. The van der Waals surface area contributed by atoms with Crippen LogP contribution in [0.15, 0.2) is 182 Å². The maximum atomic E-state index is 13.0. The first kappa shape index (κ1) is 51.2. The fourth-order valence-corrected chi connectivity index (χ4v) is 10.9. The van der Waals surface area contributed by atoms with Gasteiger partial charge in [-0.15, -0.1) is 31.9 Å². The van der Waals surface area contributed by atoms with Crippen LogP contribution in [-0.2, 0) is 31.9 Å². The Balaban J connectivity index is 0.917. The third kappa shape index (κ3) is 13.4.